The van der Waals surface area contributed by atoms with Gasteiger partial charge in [0.25, 0.3) is 5.91 Å². The molecule has 3 rings (SSSR count). The first kappa shape index (κ1) is 13.2. The lowest BCUT2D eigenvalue weighted by Gasteiger charge is -2.45. The van der Waals surface area contributed by atoms with Gasteiger partial charge in [-0.15, -0.1) is 0 Å². The Labute approximate surface area is 118 Å². The van der Waals surface area contributed by atoms with Crippen molar-refractivity contribution in [3.63, 3.8) is 0 Å². The number of hydrogen-bond acceptors (Lipinski definition) is 4. The van der Waals surface area contributed by atoms with Gasteiger partial charge in [0.15, 0.2) is 5.76 Å². The van der Waals surface area contributed by atoms with Crippen molar-refractivity contribution in [1.82, 2.24) is 4.90 Å². The van der Waals surface area contributed by atoms with Crippen LogP contribution in [-0.2, 0) is 9.53 Å². The molecule has 20 heavy (non-hydrogen) atoms. The van der Waals surface area contributed by atoms with Gasteiger partial charge in [-0.2, -0.15) is 0 Å². The molecule has 1 amide bonds. The van der Waals surface area contributed by atoms with E-state index in [1.165, 1.54) is 0 Å². The van der Waals surface area contributed by atoms with Crippen LogP contribution in [0.1, 0.15) is 31.9 Å². The van der Waals surface area contributed by atoms with Gasteiger partial charge in [-0.3, -0.25) is 4.79 Å². The second-order valence-electron chi connectivity index (χ2n) is 5.41. The van der Waals surface area contributed by atoms with E-state index in [4.69, 9.17) is 14.9 Å². The molecule has 1 saturated carbocycles. The van der Waals surface area contributed by atoms with Gasteiger partial charge in [-0.25, -0.2) is 0 Å². The van der Waals surface area contributed by atoms with Crippen LogP contribution in [0.2, 0.25) is 0 Å². The summed E-state index contributed by atoms with van der Waals surface area (Å²) in [6, 6.07) is 3.87. The third-order valence-electron chi connectivity index (χ3n) is 4.10. The fourth-order valence-corrected chi connectivity index (χ4v) is 3.10. The lowest BCUT2D eigenvalue weighted by atomic mass is 9.86. The number of nitrogens with zero attached hydrogens (tertiary/aromatic N) is 1. The van der Waals surface area contributed by atoms with Gasteiger partial charge in [-0.1, -0.05) is 0 Å². The first-order valence-corrected chi connectivity index (χ1v) is 7.17. The fourth-order valence-electron chi connectivity index (χ4n) is 3.10. The fraction of sp³-hybridized carbons (Fsp3) is 0.533. The lowest BCUT2D eigenvalue weighted by molar-refractivity contribution is -0.148. The van der Waals surface area contributed by atoms with Gasteiger partial charge < -0.3 is 19.8 Å². The molecule has 1 aliphatic heterocycles. The standard InChI is InChI=1S/C15H20N2O3/c1-2-17-12-8-10(16)5-6-13(12)20-14(15(17)18)9-11-4-3-7-19-11/h3-4,7,9-10,12-13H,2,5-6,8,16H2,1H3/b14-9+. The maximum absolute atomic E-state index is 12.5. The van der Waals surface area contributed by atoms with Crippen LogP contribution >= 0.6 is 0 Å². The summed E-state index contributed by atoms with van der Waals surface area (Å²) in [7, 11) is 0. The number of carbonyl (C=O) groups is 1. The van der Waals surface area contributed by atoms with E-state index in [0.29, 0.717) is 18.1 Å². The molecule has 2 fully saturated rings. The first-order chi connectivity index (χ1) is 9.69. The summed E-state index contributed by atoms with van der Waals surface area (Å²) in [6.07, 6.45) is 5.97. The minimum absolute atomic E-state index is 0.0497. The highest BCUT2D eigenvalue weighted by Gasteiger charge is 2.42. The molecule has 0 aromatic carbocycles. The van der Waals surface area contributed by atoms with Gasteiger partial charge in [0, 0.05) is 18.7 Å². The normalized spacial score (nSPS) is 32.1. The van der Waals surface area contributed by atoms with E-state index < -0.39 is 0 Å². The van der Waals surface area contributed by atoms with Crippen molar-refractivity contribution in [3.8, 4) is 0 Å². The van der Waals surface area contributed by atoms with Crippen molar-refractivity contribution in [2.45, 2.75) is 44.4 Å². The highest BCUT2D eigenvalue weighted by atomic mass is 16.5. The Hall–Kier alpha value is -1.75. The molecule has 1 aliphatic carbocycles. The van der Waals surface area contributed by atoms with Crippen LogP contribution in [0.5, 0.6) is 0 Å². The monoisotopic (exact) mass is 276 g/mol. The van der Waals surface area contributed by atoms with E-state index in [1.54, 1.807) is 18.4 Å². The number of ether oxygens (including phenoxy) is 1. The van der Waals surface area contributed by atoms with Crippen LogP contribution in [0.15, 0.2) is 28.6 Å². The smallest absolute Gasteiger partial charge is 0.289 e. The van der Waals surface area contributed by atoms with Gasteiger partial charge >= 0.3 is 0 Å². The average Bonchev–Trinajstić information content (AvgIpc) is 2.93. The van der Waals surface area contributed by atoms with Crippen molar-refractivity contribution < 1.29 is 13.9 Å². The van der Waals surface area contributed by atoms with E-state index in [1.807, 2.05) is 17.9 Å². The molecule has 3 atom stereocenters. The Morgan fingerprint density at radius 1 is 1.50 bits per heavy atom. The Bertz CT molecular complexity index is 509. The molecule has 1 aromatic rings. The number of carbonyl (C=O) groups excluding carboxylic acids is 1. The van der Waals surface area contributed by atoms with Crippen LogP contribution in [0, 0.1) is 0 Å². The largest absolute Gasteiger partial charge is 0.482 e. The summed E-state index contributed by atoms with van der Waals surface area (Å²) in [4.78, 5) is 14.4. The quantitative estimate of drug-likeness (QED) is 0.835. The van der Waals surface area contributed by atoms with E-state index in [0.717, 1.165) is 19.3 Å². The van der Waals surface area contributed by atoms with Gasteiger partial charge in [0.2, 0.25) is 0 Å². The molecule has 5 nitrogen and oxygen atoms in total. The predicted octanol–water partition coefficient (Wildman–Crippen LogP) is 1.75. The van der Waals surface area contributed by atoms with Crippen LogP contribution in [-0.4, -0.2) is 35.5 Å². The highest BCUT2D eigenvalue weighted by molar-refractivity contribution is 5.96. The van der Waals surface area contributed by atoms with E-state index in [-0.39, 0.29) is 24.1 Å². The maximum atomic E-state index is 12.5. The van der Waals surface area contributed by atoms with E-state index in [9.17, 15) is 4.79 Å². The number of fused-ring (bicyclic) bond motifs is 1. The molecule has 2 N–H and O–H groups in total. The van der Waals surface area contributed by atoms with Crippen molar-refractivity contribution in [2.24, 2.45) is 5.73 Å². The number of amides is 1. The molecule has 0 bridgehead atoms. The zero-order valence-electron chi connectivity index (χ0n) is 11.6. The average molecular weight is 276 g/mol. The third kappa shape index (κ3) is 2.33. The Morgan fingerprint density at radius 3 is 3.05 bits per heavy atom. The number of likely N-dealkylation sites (N-methyl/N-ethyl adjacent to an activating group) is 1. The molecular weight excluding hydrogens is 256 g/mol. The summed E-state index contributed by atoms with van der Waals surface area (Å²) >= 11 is 0. The van der Waals surface area contributed by atoms with Crippen molar-refractivity contribution in [1.29, 1.82) is 0 Å². The summed E-state index contributed by atoms with van der Waals surface area (Å²) in [5, 5.41) is 0. The van der Waals surface area contributed by atoms with Gasteiger partial charge in [0.1, 0.15) is 11.9 Å². The Balaban J connectivity index is 1.87. The van der Waals surface area contributed by atoms with Crippen LogP contribution in [0.3, 0.4) is 0 Å². The van der Waals surface area contributed by atoms with Crippen molar-refractivity contribution >= 4 is 12.0 Å². The predicted molar refractivity (Wildman–Crippen MR) is 74.6 cm³/mol. The van der Waals surface area contributed by atoms with Crippen LogP contribution in [0.4, 0.5) is 0 Å². The van der Waals surface area contributed by atoms with Crippen molar-refractivity contribution in [2.75, 3.05) is 6.54 Å². The van der Waals surface area contributed by atoms with Gasteiger partial charge in [0.05, 0.1) is 12.3 Å². The molecule has 2 heterocycles. The molecule has 1 aromatic heterocycles. The number of morpholine rings is 1. The second-order valence-corrected chi connectivity index (χ2v) is 5.41. The number of nitrogens with two attached hydrogens (primary N) is 1. The SMILES string of the molecule is CCN1C(=O)/C(=C\c2ccco2)OC2CCC(N)CC21. The summed E-state index contributed by atoms with van der Waals surface area (Å²) in [5.74, 6) is 0.938. The molecule has 1 saturated heterocycles. The second kappa shape index (κ2) is 5.32. The highest BCUT2D eigenvalue weighted by Crippen LogP contribution is 2.32. The molecule has 108 valence electrons. The molecule has 0 spiro atoms. The molecule has 3 unspecified atom stereocenters. The number of rotatable bonds is 2. The summed E-state index contributed by atoms with van der Waals surface area (Å²) in [6.45, 7) is 2.66. The van der Waals surface area contributed by atoms with Crippen molar-refractivity contribution in [3.05, 3.63) is 29.9 Å². The zero-order valence-corrected chi connectivity index (χ0v) is 11.6. The molecule has 2 aliphatic rings. The number of hydrogen-bond donors (Lipinski definition) is 1. The molecular formula is C15H20N2O3. The molecule has 0 radical (unpaired) electrons. The minimum atomic E-state index is -0.0701. The first-order valence-electron chi connectivity index (χ1n) is 7.17. The van der Waals surface area contributed by atoms with E-state index >= 15 is 0 Å². The zero-order chi connectivity index (χ0) is 14.1. The van der Waals surface area contributed by atoms with Gasteiger partial charge in [-0.05, 0) is 38.3 Å². The molecule has 5 heteroatoms. The summed E-state index contributed by atoms with van der Waals surface area (Å²) in [5.41, 5.74) is 6.03. The number of furan rings is 1. The Morgan fingerprint density at radius 2 is 2.35 bits per heavy atom. The topological polar surface area (TPSA) is 68.7 Å². The third-order valence-corrected chi connectivity index (χ3v) is 4.10. The van der Waals surface area contributed by atoms with E-state index in [2.05, 4.69) is 0 Å². The van der Waals surface area contributed by atoms with Crippen LogP contribution in [0.25, 0.3) is 6.08 Å². The minimum Gasteiger partial charge on any atom is -0.482 e. The lowest BCUT2D eigenvalue weighted by Crippen LogP contribution is -2.57. The summed E-state index contributed by atoms with van der Waals surface area (Å²) < 4.78 is 11.2. The van der Waals surface area contributed by atoms with Crippen LogP contribution < -0.4 is 5.73 Å². The Kier molecular flexibility index (Phi) is 3.53. The maximum Gasteiger partial charge on any atom is 0.289 e.